The average molecular weight is 292 g/mol. The number of amides is 1. The largest absolute Gasteiger partial charge is 0.467 e. The molecule has 0 radical (unpaired) electrons. The van der Waals surface area contributed by atoms with Crippen LogP contribution >= 0.6 is 0 Å². The van der Waals surface area contributed by atoms with Crippen LogP contribution in [0, 0.1) is 11.3 Å². The van der Waals surface area contributed by atoms with Crippen molar-refractivity contribution in [3.63, 3.8) is 0 Å². The molecule has 1 aromatic rings. The van der Waals surface area contributed by atoms with Crippen molar-refractivity contribution >= 4 is 5.91 Å². The fourth-order valence-electron chi connectivity index (χ4n) is 4.17. The zero-order valence-corrected chi connectivity index (χ0v) is 13.0. The molecule has 1 N–H and O–H groups in total. The minimum Gasteiger partial charge on any atom is -0.467 e. The van der Waals surface area contributed by atoms with Crippen molar-refractivity contribution in [2.45, 2.75) is 39.0 Å². The zero-order chi connectivity index (χ0) is 15.0. The smallest absolute Gasteiger partial charge is 0.234 e. The third-order valence-electron chi connectivity index (χ3n) is 4.95. The predicted octanol–water partition coefficient (Wildman–Crippen LogP) is 1.64. The Morgan fingerprint density at radius 3 is 3.05 bits per heavy atom. The van der Waals surface area contributed by atoms with E-state index in [1.54, 1.807) is 6.26 Å². The summed E-state index contributed by atoms with van der Waals surface area (Å²) in [6.45, 7) is 6.19. The highest BCUT2D eigenvalue weighted by Crippen LogP contribution is 2.54. The third-order valence-corrected chi connectivity index (χ3v) is 4.95. The number of fused-ring (bicyclic) bond motifs is 1. The molecule has 0 bridgehead atoms. The molecule has 1 aliphatic heterocycles. The molecule has 0 unspecified atom stereocenters. The van der Waals surface area contributed by atoms with E-state index in [-0.39, 0.29) is 11.3 Å². The molecular weight excluding hydrogens is 268 g/mol. The van der Waals surface area contributed by atoms with Crippen LogP contribution in [0.25, 0.3) is 0 Å². The van der Waals surface area contributed by atoms with Crippen molar-refractivity contribution < 1.29 is 13.9 Å². The normalized spacial score (nSPS) is 30.0. The summed E-state index contributed by atoms with van der Waals surface area (Å²) in [4.78, 5) is 14.2. The van der Waals surface area contributed by atoms with Gasteiger partial charge in [0.1, 0.15) is 5.76 Å². The number of carbonyl (C=O) groups excluding carboxylic acids is 1. The first-order valence-electron chi connectivity index (χ1n) is 7.61. The molecule has 1 amide bonds. The summed E-state index contributed by atoms with van der Waals surface area (Å²) in [5, 5.41) is 2.90. The second kappa shape index (κ2) is 5.46. The maximum Gasteiger partial charge on any atom is 0.234 e. The van der Waals surface area contributed by atoms with E-state index < -0.39 is 0 Å². The number of hydrogen-bond acceptors (Lipinski definition) is 4. The summed E-state index contributed by atoms with van der Waals surface area (Å²) in [6, 6.07) is 4.10. The Kier molecular flexibility index (Phi) is 3.80. The van der Waals surface area contributed by atoms with Gasteiger partial charge in [0.05, 0.1) is 25.5 Å². The highest BCUT2D eigenvalue weighted by atomic mass is 16.5. The van der Waals surface area contributed by atoms with E-state index in [2.05, 4.69) is 24.1 Å². The number of likely N-dealkylation sites (N-methyl/N-ethyl adjacent to an activating group) is 1. The van der Waals surface area contributed by atoms with Gasteiger partial charge in [-0.15, -0.1) is 0 Å². The average Bonchev–Trinajstić information content (AvgIpc) is 3.05. The summed E-state index contributed by atoms with van der Waals surface area (Å²) >= 11 is 0. The SMILES string of the molecule is CN(CC(=O)NCc1ccco1)[C@@H]1[C@H]2CCO[C@@H]2C1(C)C. The van der Waals surface area contributed by atoms with Gasteiger partial charge < -0.3 is 14.5 Å². The first-order valence-corrected chi connectivity index (χ1v) is 7.61. The Balaban J connectivity index is 1.51. The molecule has 2 fully saturated rings. The van der Waals surface area contributed by atoms with Crippen LogP contribution in [0.1, 0.15) is 26.0 Å². The van der Waals surface area contributed by atoms with Crippen molar-refractivity contribution in [3.8, 4) is 0 Å². The summed E-state index contributed by atoms with van der Waals surface area (Å²) < 4.78 is 11.0. The monoisotopic (exact) mass is 292 g/mol. The number of ether oxygens (including phenoxy) is 1. The minimum absolute atomic E-state index is 0.0343. The van der Waals surface area contributed by atoms with Crippen molar-refractivity contribution in [2.75, 3.05) is 20.2 Å². The molecule has 5 heteroatoms. The van der Waals surface area contributed by atoms with Gasteiger partial charge in [-0.1, -0.05) is 13.8 Å². The van der Waals surface area contributed by atoms with Crippen LogP contribution in [-0.4, -0.2) is 43.2 Å². The Hall–Kier alpha value is -1.33. The molecule has 2 aliphatic rings. The van der Waals surface area contributed by atoms with Gasteiger partial charge in [0.25, 0.3) is 0 Å². The second-order valence-corrected chi connectivity index (χ2v) is 6.78. The molecule has 2 heterocycles. The molecule has 1 saturated heterocycles. The number of hydrogen-bond donors (Lipinski definition) is 1. The van der Waals surface area contributed by atoms with Crippen LogP contribution in [0.2, 0.25) is 0 Å². The summed E-state index contributed by atoms with van der Waals surface area (Å²) in [5.74, 6) is 1.38. The quantitative estimate of drug-likeness (QED) is 0.896. The molecule has 1 aromatic heterocycles. The lowest BCUT2D eigenvalue weighted by Gasteiger charge is -2.57. The molecule has 116 valence electrons. The Bertz CT molecular complexity index is 498. The fourth-order valence-corrected chi connectivity index (χ4v) is 4.17. The zero-order valence-electron chi connectivity index (χ0n) is 13.0. The van der Waals surface area contributed by atoms with Crippen molar-refractivity contribution in [1.82, 2.24) is 10.2 Å². The van der Waals surface area contributed by atoms with E-state index in [4.69, 9.17) is 9.15 Å². The standard InChI is InChI=1S/C16H24N2O3/c1-16(2)14(12-6-8-21-15(12)16)18(3)10-13(19)17-9-11-5-4-7-20-11/h4-5,7,12,14-15H,6,8-10H2,1-3H3,(H,17,19)/t12-,14-,15+/m1/s1. The van der Waals surface area contributed by atoms with Gasteiger partial charge in [-0.3, -0.25) is 9.69 Å². The first-order chi connectivity index (χ1) is 10.00. The lowest BCUT2D eigenvalue weighted by Crippen LogP contribution is -2.66. The van der Waals surface area contributed by atoms with Crippen molar-refractivity contribution in [1.29, 1.82) is 0 Å². The van der Waals surface area contributed by atoms with E-state index >= 15 is 0 Å². The highest BCUT2D eigenvalue weighted by molar-refractivity contribution is 5.78. The van der Waals surface area contributed by atoms with Gasteiger partial charge in [-0.25, -0.2) is 0 Å². The van der Waals surface area contributed by atoms with E-state index in [0.717, 1.165) is 18.8 Å². The predicted molar refractivity (Wildman–Crippen MR) is 78.6 cm³/mol. The lowest BCUT2D eigenvalue weighted by atomic mass is 9.57. The summed E-state index contributed by atoms with van der Waals surface area (Å²) in [5.41, 5.74) is 0.122. The van der Waals surface area contributed by atoms with E-state index in [1.807, 2.05) is 19.2 Å². The van der Waals surface area contributed by atoms with Crippen LogP contribution in [0.3, 0.4) is 0 Å². The molecule has 3 rings (SSSR count). The van der Waals surface area contributed by atoms with E-state index in [0.29, 0.717) is 31.2 Å². The Morgan fingerprint density at radius 2 is 2.33 bits per heavy atom. The van der Waals surface area contributed by atoms with Gasteiger partial charge in [-0.05, 0) is 25.6 Å². The Morgan fingerprint density at radius 1 is 1.52 bits per heavy atom. The summed E-state index contributed by atoms with van der Waals surface area (Å²) in [7, 11) is 2.04. The van der Waals surface area contributed by atoms with Gasteiger partial charge in [0.15, 0.2) is 0 Å². The Labute approximate surface area is 125 Å². The van der Waals surface area contributed by atoms with E-state index in [9.17, 15) is 4.79 Å². The number of rotatable bonds is 5. The number of furan rings is 1. The minimum atomic E-state index is 0.0343. The van der Waals surface area contributed by atoms with Gasteiger partial charge in [0.2, 0.25) is 5.91 Å². The molecule has 0 spiro atoms. The first kappa shape index (κ1) is 14.6. The fraction of sp³-hybridized carbons (Fsp3) is 0.688. The van der Waals surface area contributed by atoms with Crippen LogP contribution in [0.5, 0.6) is 0 Å². The van der Waals surface area contributed by atoms with Crippen molar-refractivity contribution in [2.24, 2.45) is 11.3 Å². The number of carbonyl (C=O) groups is 1. The van der Waals surface area contributed by atoms with Gasteiger partial charge in [0, 0.05) is 24.0 Å². The summed E-state index contributed by atoms with van der Waals surface area (Å²) in [6.07, 6.45) is 3.08. The maximum atomic E-state index is 12.1. The molecule has 21 heavy (non-hydrogen) atoms. The topological polar surface area (TPSA) is 54.7 Å². The highest BCUT2D eigenvalue weighted by Gasteiger charge is 2.60. The number of nitrogens with zero attached hydrogens (tertiary/aromatic N) is 1. The van der Waals surface area contributed by atoms with Gasteiger partial charge in [-0.2, -0.15) is 0 Å². The maximum absolute atomic E-state index is 12.1. The van der Waals surface area contributed by atoms with Gasteiger partial charge >= 0.3 is 0 Å². The van der Waals surface area contributed by atoms with E-state index in [1.165, 1.54) is 0 Å². The number of nitrogens with one attached hydrogen (secondary N) is 1. The van der Waals surface area contributed by atoms with Crippen LogP contribution in [-0.2, 0) is 16.1 Å². The van der Waals surface area contributed by atoms with Crippen LogP contribution in [0.4, 0.5) is 0 Å². The molecule has 0 aromatic carbocycles. The third kappa shape index (κ3) is 2.60. The van der Waals surface area contributed by atoms with Crippen molar-refractivity contribution in [3.05, 3.63) is 24.2 Å². The lowest BCUT2D eigenvalue weighted by molar-refractivity contribution is -0.154. The molecule has 5 nitrogen and oxygen atoms in total. The van der Waals surface area contributed by atoms with Crippen LogP contribution in [0.15, 0.2) is 22.8 Å². The molecule has 1 aliphatic carbocycles. The molecule has 3 atom stereocenters. The molecular formula is C16H24N2O3. The van der Waals surface area contributed by atoms with Crippen LogP contribution < -0.4 is 5.32 Å². The molecule has 1 saturated carbocycles. The second-order valence-electron chi connectivity index (χ2n) is 6.78.